The van der Waals surface area contributed by atoms with Gasteiger partial charge in [0.2, 0.25) is 5.91 Å². The van der Waals surface area contributed by atoms with Crippen LogP contribution in [0.3, 0.4) is 0 Å². The lowest BCUT2D eigenvalue weighted by molar-refractivity contribution is -0.246. The number of piperidine rings is 1. The van der Waals surface area contributed by atoms with Crippen molar-refractivity contribution >= 4 is 70.9 Å². The highest BCUT2D eigenvalue weighted by atomic mass is 128. The molecule has 0 aromatic carbocycles. The number of amides is 3. The van der Waals surface area contributed by atoms with Gasteiger partial charge >= 0.3 is 0 Å². The number of hydrogen-bond acceptors (Lipinski definition) is 7. The maximum Gasteiger partial charge on any atom is 0.253 e. The molecule has 3 rings (SSSR count). The van der Waals surface area contributed by atoms with Crippen molar-refractivity contribution in [2.45, 2.75) is 109 Å². The Bertz CT molecular complexity index is 799. The Morgan fingerprint density at radius 1 is 0.914 bits per heavy atom. The van der Waals surface area contributed by atoms with Gasteiger partial charge in [0.25, 0.3) is 11.8 Å². The normalized spacial score (nSPS) is 27.1. The first-order chi connectivity index (χ1) is 15.9. The van der Waals surface area contributed by atoms with E-state index in [4.69, 9.17) is 0 Å². The number of carbonyl (C=O) groups is 3. The van der Waals surface area contributed by atoms with Crippen LogP contribution in [0.25, 0.3) is 0 Å². The number of alkyl halides is 1. The molecule has 0 spiro atoms. The summed E-state index contributed by atoms with van der Waals surface area (Å²) in [5.74, 6) is -0.582. The van der Waals surface area contributed by atoms with Gasteiger partial charge in [-0.05, 0) is 74.7 Å². The van der Waals surface area contributed by atoms with Gasteiger partial charge in [-0.3, -0.25) is 19.3 Å². The average molecular weight is 785 g/mol. The van der Waals surface area contributed by atoms with Crippen LogP contribution >= 0.6 is 53.2 Å². The summed E-state index contributed by atoms with van der Waals surface area (Å²) >= 11 is 7.38. The molecule has 0 saturated carbocycles. The molecule has 202 valence electrons. The molecular weight excluding hydrogens is 746 g/mol. The molecule has 0 aliphatic carbocycles. The van der Waals surface area contributed by atoms with Crippen LogP contribution in [0.5, 0.6) is 0 Å². The largest absolute Gasteiger partial charge is 0.353 e. The Balaban J connectivity index is 0.000000328. The molecule has 0 bridgehead atoms. The summed E-state index contributed by atoms with van der Waals surface area (Å²) in [7, 11) is 0. The van der Waals surface area contributed by atoms with Gasteiger partial charge in [-0.2, -0.15) is 10.1 Å². The van der Waals surface area contributed by atoms with E-state index >= 15 is 0 Å². The Morgan fingerprint density at radius 2 is 1.31 bits per heavy atom. The number of halogens is 3. The van der Waals surface area contributed by atoms with Crippen molar-refractivity contribution in [3.63, 3.8) is 0 Å². The SMILES string of the molecule is CC1(C)CC(N2C(=O)C=CC2=O)C(C)(C)N1O.CC1(C)CC(NC(=O)CBr)CC(C)(C)N1O.II. The minimum atomic E-state index is -0.638. The van der Waals surface area contributed by atoms with Crippen LogP contribution in [0.15, 0.2) is 12.2 Å². The third-order valence-corrected chi connectivity index (χ3v) is 7.42. The molecular formula is C23H39BrI2N4O5. The van der Waals surface area contributed by atoms with Crippen LogP contribution in [0.2, 0.25) is 0 Å². The molecule has 3 heterocycles. The first-order valence-electron chi connectivity index (χ1n) is 11.4. The second-order valence-corrected chi connectivity index (χ2v) is 12.2. The predicted octanol–water partition coefficient (Wildman–Crippen LogP) is 4.61. The third kappa shape index (κ3) is 7.59. The lowest BCUT2D eigenvalue weighted by atomic mass is 9.79. The first-order valence-corrected chi connectivity index (χ1v) is 18.8. The molecule has 12 heteroatoms. The highest BCUT2D eigenvalue weighted by Gasteiger charge is 2.55. The van der Waals surface area contributed by atoms with E-state index in [1.165, 1.54) is 27.2 Å². The summed E-state index contributed by atoms with van der Waals surface area (Å²) in [6.07, 6.45) is 4.64. The van der Waals surface area contributed by atoms with Crippen LogP contribution in [0.4, 0.5) is 0 Å². The maximum atomic E-state index is 11.7. The van der Waals surface area contributed by atoms with Gasteiger partial charge in [0, 0.05) is 72.0 Å². The standard InChI is InChI=1S/C12H18N2O3.C11H21BrN2O2.I2/c1-11(2)7-8(12(3,4)14(11)17)13-9(15)5-6-10(13)16;1-10(2)5-8(13-9(15)7-12)6-11(3,4)14(10)16;1-2/h5-6,8,17H,7H2,1-4H3;8,16H,5-7H2,1-4H3,(H,13,15);. The second kappa shape index (κ2) is 12.3. The van der Waals surface area contributed by atoms with E-state index in [0.717, 1.165) is 12.8 Å². The Kier molecular flexibility index (Phi) is 11.7. The van der Waals surface area contributed by atoms with Crippen LogP contribution < -0.4 is 5.32 Å². The summed E-state index contributed by atoms with van der Waals surface area (Å²) in [6, 6.07) is -0.184. The summed E-state index contributed by atoms with van der Waals surface area (Å²) in [4.78, 5) is 36.0. The molecule has 9 nitrogen and oxygen atoms in total. The highest BCUT2D eigenvalue weighted by Crippen LogP contribution is 2.42. The van der Waals surface area contributed by atoms with Gasteiger partial charge < -0.3 is 15.7 Å². The maximum absolute atomic E-state index is 11.7. The van der Waals surface area contributed by atoms with Crippen molar-refractivity contribution in [3.05, 3.63) is 12.2 Å². The zero-order valence-corrected chi connectivity index (χ0v) is 27.6. The van der Waals surface area contributed by atoms with Gasteiger partial charge in [-0.1, -0.05) is 15.9 Å². The number of carbonyl (C=O) groups excluding carboxylic acids is 3. The Morgan fingerprint density at radius 3 is 1.66 bits per heavy atom. The average Bonchev–Trinajstić information content (AvgIpc) is 3.15. The highest BCUT2D eigenvalue weighted by molar-refractivity contribution is 15.0. The fraction of sp³-hybridized carbons (Fsp3) is 0.783. The number of nitrogens with zero attached hydrogens (tertiary/aromatic N) is 3. The molecule has 3 N–H and O–H groups in total. The molecule has 0 aromatic rings. The van der Waals surface area contributed by atoms with E-state index in [2.05, 4.69) is 58.5 Å². The lowest BCUT2D eigenvalue weighted by Crippen LogP contribution is -2.63. The molecule has 0 aromatic heterocycles. The van der Waals surface area contributed by atoms with Crippen LogP contribution in [0, 0.1) is 0 Å². The monoisotopic (exact) mass is 784 g/mol. The fourth-order valence-corrected chi connectivity index (χ4v) is 5.66. The molecule has 3 aliphatic heterocycles. The predicted molar refractivity (Wildman–Crippen MR) is 156 cm³/mol. The number of imide groups is 1. The molecule has 0 radical (unpaired) electrons. The molecule has 2 saturated heterocycles. The van der Waals surface area contributed by atoms with Crippen LogP contribution in [0.1, 0.15) is 74.7 Å². The molecule has 3 aliphatic rings. The van der Waals surface area contributed by atoms with E-state index < -0.39 is 11.1 Å². The minimum absolute atomic E-state index is 0.00277. The van der Waals surface area contributed by atoms with E-state index in [9.17, 15) is 24.8 Å². The van der Waals surface area contributed by atoms with Gasteiger partial charge in [0.15, 0.2) is 0 Å². The molecule has 1 unspecified atom stereocenters. The molecule has 2 fully saturated rings. The molecule has 1 atom stereocenters. The second-order valence-electron chi connectivity index (χ2n) is 11.6. The Labute approximate surface area is 240 Å². The van der Waals surface area contributed by atoms with Gasteiger partial charge in [-0.15, -0.1) is 0 Å². The number of hydroxylamine groups is 4. The third-order valence-electron chi connectivity index (χ3n) is 6.91. The molecule has 3 amide bonds. The Hall–Kier alpha value is 0.130. The van der Waals surface area contributed by atoms with Crippen molar-refractivity contribution in [3.8, 4) is 0 Å². The minimum Gasteiger partial charge on any atom is -0.353 e. The van der Waals surface area contributed by atoms with Crippen molar-refractivity contribution in [1.82, 2.24) is 20.3 Å². The van der Waals surface area contributed by atoms with Crippen molar-refractivity contribution in [2.24, 2.45) is 0 Å². The van der Waals surface area contributed by atoms with Gasteiger partial charge in [-0.25, -0.2) is 0 Å². The first kappa shape index (κ1) is 33.2. The zero-order chi connectivity index (χ0) is 27.6. The van der Waals surface area contributed by atoms with E-state index in [0.29, 0.717) is 11.8 Å². The van der Waals surface area contributed by atoms with E-state index in [1.807, 2.05) is 55.4 Å². The smallest absolute Gasteiger partial charge is 0.253 e. The van der Waals surface area contributed by atoms with Crippen LogP contribution in [-0.2, 0) is 14.4 Å². The van der Waals surface area contributed by atoms with E-state index in [1.54, 1.807) is 0 Å². The quantitative estimate of drug-likeness (QED) is 0.218. The summed E-state index contributed by atoms with van der Waals surface area (Å²) < 4.78 is 0. The number of nitrogens with one attached hydrogen (secondary N) is 1. The molecule has 35 heavy (non-hydrogen) atoms. The summed E-state index contributed by atoms with van der Waals surface area (Å²) in [5.41, 5.74) is -1.71. The van der Waals surface area contributed by atoms with Crippen molar-refractivity contribution in [2.75, 3.05) is 5.33 Å². The van der Waals surface area contributed by atoms with Gasteiger partial charge in [0.1, 0.15) is 0 Å². The summed E-state index contributed by atoms with van der Waals surface area (Å²) in [5, 5.41) is 26.2. The van der Waals surface area contributed by atoms with Crippen molar-refractivity contribution in [1.29, 1.82) is 0 Å². The van der Waals surface area contributed by atoms with Crippen molar-refractivity contribution < 1.29 is 24.8 Å². The lowest BCUT2D eigenvalue weighted by Gasteiger charge is -2.51. The number of rotatable bonds is 3. The van der Waals surface area contributed by atoms with Gasteiger partial charge in [0.05, 0.1) is 16.9 Å². The fourth-order valence-electron chi connectivity index (χ4n) is 5.50. The number of hydrogen-bond donors (Lipinski definition) is 3. The van der Waals surface area contributed by atoms with Crippen LogP contribution in [-0.4, -0.2) is 82.7 Å². The topological polar surface area (TPSA) is 113 Å². The van der Waals surface area contributed by atoms with E-state index in [-0.39, 0.29) is 40.9 Å². The summed E-state index contributed by atoms with van der Waals surface area (Å²) in [6.45, 7) is 15.4. The zero-order valence-electron chi connectivity index (χ0n) is 21.7.